The zero-order valence-corrected chi connectivity index (χ0v) is 15.0. The molecule has 1 aliphatic carbocycles. The van der Waals surface area contributed by atoms with Crippen LogP contribution in [-0.4, -0.2) is 26.9 Å². The lowest BCUT2D eigenvalue weighted by Gasteiger charge is -2.24. The third-order valence-corrected chi connectivity index (χ3v) is 4.49. The van der Waals surface area contributed by atoms with E-state index in [9.17, 15) is 9.90 Å². The maximum absolute atomic E-state index is 11.2. The van der Waals surface area contributed by atoms with Gasteiger partial charge in [0.1, 0.15) is 0 Å². The lowest BCUT2D eigenvalue weighted by molar-refractivity contribution is 0.0696. The summed E-state index contributed by atoms with van der Waals surface area (Å²) in [6.07, 6.45) is 5.39. The Kier molecular flexibility index (Phi) is 5.91. The monoisotopic (exact) mass is 368 g/mol. The quantitative estimate of drug-likeness (QED) is 0.562. The Balaban J connectivity index is 1.72. The van der Waals surface area contributed by atoms with E-state index >= 15 is 0 Å². The van der Waals surface area contributed by atoms with Crippen LogP contribution in [0.15, 0.2) is 53.8 Å². The number of carboxylic acids is 1. The number of nitrogens with one attached hydrogen (secondary N) is 2. The average molecular weight is 368 g/mol. The predicted molar refractivity (Wildman–Crippen MR) is 106 cm³/mol. The van der Waals surface area contributed by atoms with Gasteiger partial charge in [-0.3, -0.25) is 10.4 Å². The molecule has 1 atom stereocenters. The second-order valence-electron chi connectivity index (χ2n) is 6.11. The van der Waals surface area contributed by atoms with Crippen molar-refractivity contribution in [2.24, 2.45) is 5.10 Å². The van der Waals surface area contributed by atoms with E-state index in [1.807, 2.05) is 30.3 Å². The van der Waals surface area contributed by atoms with Gasteiger partial charge < -0.3 is 10.4 Å². The number of aromatic nitrogens is 1. The number of pyridine rings is 1. The molecular formula is C19H20N4O2S. The van der Waals surface area contributed by atoms with Gasteiger partial charge in [0.2, 0.25) is 0 Å². The SMILES string of the molecule is O=C(O)c1ccnc([C@@H]2CCCC/C2=N/NC(=S)Nc2ccccc2)c1. The molecule has 1 aliphatic rings. The molecule has 2 aromatic rings. The Morgan fingerprint density at radius 3 is 2.81 bits per heavy atom. The number of nitrogens with zero attached hydrogens (tertiary/aromatic N) is 2. The van der Waals surface area contributed by atoms with Gasteiger partial charge in [0.15, 0.2) is 5.11 Å². The largest absolute Gasteiger partial charge is 0.478 e. The molecule has 0 amide bonds. The number of aromatic carboxylic acids is 1. The van der Waals surface area contributed by atoms with Gasteiger partial charge in [0, 0.05) is 29.2 Å². The lowest BCUT2D eigenvalue weighted by Crippen LogP contribution is -2.28. The first-order valence-corrected chi connectivity index (χ1v) is 8.92. The number of rotatable bonds is 4. The highest BCUT2D eigenvalue weighted by atomic mass is 32.1. The van der Waals surface area contributed by atoms with Crippen LogP contribution >= 0.6 is 12.2 Å². The fourth-order valence-corrected chi connectivity index (χ4v) is 3.19. The Labute approximate surface area is 157 Å². The number of thiocarbonyl (C=S) groups is 1. The van der Waals surface area contributed by atoms with E-state index in [1.165, 1.54) is 6.07 Å². The summed E-state index contributed by atoms with van der Waals surface area (Å²) in [5, 5.41) is 17.2. The molecule has 7 heteroatoms. The van der Waals surface area contributed by atoms with Gasteiger partial charge in [0.25, 0.3) is 0 Å². The van der Waals surface area contributed by atoms with Crippen LogP contribution in [0, 0.1) is 0 Å². The van der Waals surface area contributed by atoms with Crippen molar-refractivity contribution in [2.75, 3.05) is 5.32 Å². The highest BCUT2D eigenvalue weighted by molar-refractivity contribution is 7.80. The number of anilines is 1. The van der Waals surface area contributed by atoms with Crippen molar-refractivity contribution in [2.45, 2.75) is 31.6 Å². The number of hydrogen-bond donors (Lipinski definition) is 3. The molecule has 1 aromatic carbocycles. The number of benzene rings is 1. The van der Waals surface area contributed by atoms with E-state index in [0.29, 0.717) is 5.11 Å². The van der Waals surface area contributed by atoms with E-state index < -0.39 is 5.97 Å². The molecule has 3 N–H and O–H groups in total. The summed E-state index contributed by atoms with van der Waals surface area (Å²) in [6, 6.07) is 12.8. The van der Waals surface area contributed by atoms with Gasteiger partial charge in [-0.25, -0.2) is 4.79 Å². The topological polar surface area (TPSA) is 86.6 Å². The fourth-order valence-electron chi connectivity index (χ4n) is 3.02. The predicted octanol–water partition coefficient (Wildman–Crippen LogP) is 3.78. The Morgan fingerprint density at radius 1 is 1.23 bits per heavy atom. The van der Waals surface area contributed by atoms with Gasteiger partial charge in [0.05, 0.1) is 5.56 Å². The van der Waals surface area contributed by atoms with Gasteiger partial charge in [-0.1, -0.05) is 24.6 Å². The Bertz CT molecular complexity index is 823. The summed E-state index contributed by atoms with van der Waals surface area (Å²) < 4.78 is 0. The van der Waals surface area contributed by atoms with Crippen molar-refractivity contribution < 1.29 is 9.90 Å². The molecule has 0 radical (unpaired) electrons. The number of carboxylic acid groups (broad SMARTS) is 1. The van der Waals surface area contributed by atoms with Crippen molar-refractivity contribution in [3.8, 4) is 0 Å². The number of carbonyl (C=O) groups is 1. The second kappa shape index (κ2) is 8.53. The molecule has 0 bridgehead atoms. The highest BCUT2D eigenvalue weighted by Gasteiger charge is 2.24. The fraction of sp³-hybridized carbons (Fsp3) is 0.263. The van der Waals surface area contributed by atoms with E-state index in [4.69, 9.17) is 12.2 Å². The van der Waals surface area contributed by atoms with E-state index in [0.717, 1.165) is 42.8 Å². The summed E-state index contributed by atoms with van der Waals surface area (Å²) in [5.74, 6) is -0.940. The van der Waals surface area contributed by atoms with Crippen molar-refractivity contribution in [3.05, 3.63) is 59.9 Å². The Morgan fingerprint density at radius 2 is 2.04 bits per heavy atom. The van der Waals surface area contributed by atoms with Gasteiger partial charge in [-0.2, -0.15) is 5.10 Å². The molecule has 0 saturated heterocycles. The van der Waals surface area contributed by atoms with Crippen LogP contribution in [0.3, 0.4) is 0 Å². The minimum Gasteiger partial charge on any atom is -0.478 e. The highest BCUT2D eigenvalue weighted by Crippen LogP contribution is 2.30. The van der Waals surface area contributed by atoms with Crippen LogP contribution in [0.2, 0.25) is 0 Å². The maximum Gasteiger partial charge on any atom is 0.335 e. The maximum atomic E-state index is 11.2. The first-order chi connectivity index (χ1) is 12.6. The summed E-state index contributed by atoms with van der Waals surface area (Å²) in [7, 11) is 0. The Hall–Kier alpha value is -2.80. The van der Waals surface area contributed by atoms with Crippen molar-refractivity contribution in [1.29, 1.82) is 0 Å². The van der Waals surface area contributed by atoms with E-state index in [-0.39, 0.29) is 11.5 Å². The molecule has 1 aromatic heterocycles. The minimum atomic E-state index is -0.950. The minimum absolute atomic E-state index is 0.00933. The van der Waals surface area contributed by atoms with Gasteiger partial charge in [-0.15, -0.1) is 0 Å². The van der Waals surface area contributed by atoms with E-state index in [1.54, 1.807) is 12.3 Å². The molecule has 0 unspecified atom stereocenters. The summed E-state index contributed by atoms with van der Waals surface area (Å²) in [6.45, 7) is 0. The van der Waals surface area contributed by atoms with Crippen LogP contribution in [0.1, 0.15) is 47.7 Å². The van der Waals surface area contributed by atoms with Crippen LogP contribution < -0.4 is 10.7 Å². The molecule has 1 heterocycles. The summed E-state index contributed by atoms with van der Waals surface area (Å²) >= 11 is 5.29. The van der Waals surface area contributed by atoms with Crippen molar-refractivity contribution in [1.82, 2.24) is 10.4 Å². The zero-order valence-electron chi connectivity index (χ0n) is 14.2. The summed E-state index contributed by atoms with van der Waals surface area (Å²) in [4.78, 5) is 15.6. The third-order valence-electron chi connectivity index (χ3n) is 4.30. The normalized spacial score (nSPS) is 18.3. The van der Waals surface area contributed by atoms with E-state index in [2.05, 4.69) is 20.8 Å². The standard InChI is InChI=1S/C19H20N4O2S/c24-18(25)13-10-11-20-17(12-13)15-8-4-5-9-16(15)22-23-19(26)21-14-6-2-1-3-7-14/h1-3,6-7,10-12,15H,4-5,8-9H2,(H,24,25)(H2,21,23,26)/b22-16-/t15-/m1/s1. The smallest absolute Gasteiger partial charge is 0.335 e. The van der Waals surface area contributed by atoms with Crippen LogP contribution in [0.4, 0.5) is 5.69 Å². The summed E-state index contributed by atoms with van der Waals surface area (Å²) in [5.41, 5.74) is 5.73. The molecule has 26 heavy (non-hydrogen) atoms. The molecule has 6 nitrogen and oxygen atoms in total. The zero-order chi connectivity index (χ0) is 18.4. The molecule has 0 spiro atoms. The lowest BCUT2D eigenvalue weighted by atomic mass is 9.84. The molecule has 3 rings (SSSR count). The van der Waals surface area contributed by atoms with Crippen LogP contribution in [-0.2, 0) is 0 Å². The number of para-hydroxylation sites is 1. The second-order valence-corrected chi connectivity index (χ2v) is 6.52. The van der Waals surface area contributed by atoms with Crippen LogP contribution in [0.5, 0.6) is 0 Å². The first kappa shape index (κ1) is 18.0. The first-order valence-electron chi connectivity index (χ1n) is 8.51. The molecule has 1 fully saturated rings. The molecule has 1 saturated carbocycles. The van der Waals surface area contributed by atoms with Crippen molar-refractivity contribution >= 4 is 34.7 Å². The van der Waals surface area contributed by atoms with Gasteiger partial charge in [-0.05, 0) is 55.7 Å². The number of hydrogen-bond acceptors (Lipinski definition) is 4. The molecular weight excluding hydrogens is 348 g/mol. The molecule has 134 valence electrons. The van der Waals surface area contributed by atoms with Gasteiger partial charge >= 0.3 is 5.97 Å². The van der Waals surface area contributed by atoms with Crippen molar-refractivity contribution in [3.63, 3.8) is 0 Å². The third kappa shape index (κ3) is 4.64. The van der Waals surface area contributed by atoms with Crippen LogP contribution in [0.25, 0.3) is 0 Å². The molecule has 0 aliphatic heterocycles. The number of hydrazone groups is 1. The average Bonchev–Trinajstić information content (AvgIpc) is 2.67.